The van der Waals surface area contributed by atoms with E-state index in [0.717, 1.165) is 33.9 Å². The fraction of sp³-hybridized carbons (Fsp3) is 0.143. The number of methoxy groups -OCH3 is 3. The van der Waals surface area contributed by atoms with Gasteiger partial charge in [-0.1, -0.05) is 42.5 Å². The van der Waals surface area contributed by atoms with Gasteiger partial charge in [-0.2, -0.15) is 0 Å². The van der Waals surface area contributed by atoms with Crippen LogP contribution in [-0.2, 0) is 0 Å². The maximum atomic E-state index is 5.38. The molecule has 3 aromatic carbocycles. The Labute approximate surface area is 142 Å². The Hall–Kier alpha value is -2.94. The average molecular weight is 320 g/mol. The minimum absolute atomic E-state index is 0.731. The molecule has 3 nitrogen and oxygen atoms in total. The molecule has 0 aliphatic carbocycles. The van der Waals surface area contributed by atoms with E-state index in [1.165, 1.54) is 5.56 Å². The lowest BCUT2D eigenvalue weighted by Crippen LogP contribution is -1.90. The van der Waals surface area contributed by atoms with Crippen LogP contribution in [-0.4, -0.2) is 21.3 Å². The highest BCUT2D eigenvalue weighted by atomic mass is 16.5. The maximum absolute atomic E-state index is 5.38. The van der Waals surface area contributed by atoms with Crippen molar-refractivity contribution < 1.29 is 14.2 Å². The molecule has 0 aliphatic heterocycles. The van der Waals surface area contributed by atoms with Crippen molar-refractivity contribution in [3.05, 3.63) is 66.7 Å². The summed E-state index contributed by atoms with van der Waals surface area (Å²) in [6.07, 6.45) is 0. The van der Waals surface area contributed by atoms with Gasteiger partial charge in [-0.25, -0.2) is 0 Å². The lowest BCUT2D eigenvalue weighted by molar-refractivity contribution is 0.355. The van der Waals surface area contributed by atoms with Gasteiger partial charge in [0.1, 0.15) is 5.75 Å². The molecule has 0 bridgehead atoms. The Morgan fingerprint density at radius 1 is 0.458 bits per heavy atom. The second-order valence-electron chi connectivity index (χ2n) is 5.38. The van der Waals surface area contributed by atoms with Gasteiger partial charge in [0, 0.05) is 0 Å². The first-order valence-corrected chi connectivity index (χ1v) is 7.72. The van der Waals surface area contributed by atoms with E-state index < -0.39 is 0 Å². The van der Waals surface area contributed by atoms with Crippen molar-refractivity contribution in [2.75, 3.05) is 21.3 Å². The number of hydrogen-bond donors (Lipinski definition) is 0. The van der Waals surface area contributed by atoms with Gasteiger partial charge < -0.3 is 14.2 Å². The molecule has 0 radical (unpaired) electrons. The van der Waals surface area contributed by atoms with E-state index >= 15 is 0 Å². The number of rotatable bonds is 5. The summed E-state index contributed by atoms with van der Waals surface area (Å²) in [6, 6.07) is 22.5. The largest absolute Gasteiger partial charge is 0.497 e. The van der Waals surface area contributed by atoms with E-state index in [-0.39, 0.29) is 0 Å². The third-order valence-corrected chi connectivity index (χ3v) is 4.03. The Balaban J connectivity index is 1.88. The Bertz CT molecular complexity index is 805. The molecule has 0 saturated heterocycles. The molecular weight excluding hydrogens is 300 g/mol. The molecule has 0 spiro atoms. The fourth-order valence-corrected chi connectivity index (χ4v) is 2.65. The molecule has 0 aliphatic rings. The van der Waals surface area contributed by atoms with Crippen LogP contribution < -0.4 is 14.2 Å². The summed E-state index contributed by atoms with van der Waals surface area (Å²) in [5, 5.41) is 0. The van der Waals surface area contributed by atoms with Crippen LogP contribution in [0.25, 0.3) is 22.3 Å². The minimum Gasteiger partial charge on any atom is -0.497 e. The number of ether oxygens (including phenoxy) is 3. The molecule has 3 aromatic rings. The summed E-state index contributed by atoms with van der Waals surface area (Å²) in [7, 11) is 4.96. The molecule has 3 heteroatoms. The summed E-state index contributed by atoms with van der Waals surface area (Å²) >= 11 is 0. The quantitative estimate of drug-likeness (QED) is 0.658. The first-order chi connectivity index (χ1) is 11.7. The third kappa shape index (κ3) is 3.20. The second-order valence-corrected chi connectivity index (χ2v) is 5.38. The molecule has 0 fully saturated rings. The molecule has 0 amide bonds. The van der Waals surface area contributed by atoms with Crippen LogP contribution in [0.5, 0.6) is 17.2 Å². The third-order valence-electron chi connectivity index (χ3n) is 4.03. The van der Waals surface area contributed by atoms with Crippen molar-refractivity contribution in [3.63, 3.8) is 0 Å². The van der Waals surface area contributed by atoms with E-state index in [0.29, 0.717) is 0 Å². The van der Waals surface area contributed by atoms with Gasteiger partial charge in [0.25, 0.3) is 0 Å². The van der Waals surface area contributed by atoms with Gasteiger partial charge >= 0.3 is 0 Å². The van der Waals surface area contributed by atoms with E-state index in [4.69, 9.17) is 14.2 Å². The molecule has 0 N–H and O–H groups in total. The van der Waals surface area contributed by atoms with Gasteiger partial charge in [-0.15, -0.1) is 0 Å². The highest BCUT2D eigenvalue weighted by Gasteiger charge is 2.06. The summed E-state index contributed by atoms with van der Waals surface area (Å²) in [6.45, 7) is 0. The highest BCUT2D eigenvalue weighted by Crippen LogP contribution is 2.33. The smallest absolute Gasteiger partial charge is 0.161 e. The number of benzene rings is 3. The van der Waals surface area contributed by atoms with Crippen LogP contribution in [0.4, 0.5) is 0 Å². The Kier molecular flexibility index (Phi) is 4.71. The summed E-state index contributed by atoms with van der Waals surface area (Å²) in [4.78, 5) is 0. The van der Waals surface area contributed by atoms with Gasteiger partial charge in [0.05, 0.1) is 21.3 Å². The second kappa shape index (κ2) is 7.09. The fourth-order valence-electron chi connectivity index (χ4n) is 2.65. The zero-order chi connectivity index (χ0) is 16.9. The first kappa shape index (κ1) is 15.9. The van der Waals surface area contributed by atoms with Crippen molar-refractivity contribution >= 4 is 0 Å². The minimum atomic E-state index is 0.731. The van der Waals surface area contributed by atoms with Crippen LogP contribution in [0.2, 0.25) is 0 Å². The monoisotopic (exact) mass is 320 g/mol. The first-order valence-electron chi connectivity index (χ1n) is 7.72. The molecule has 0 heterocycles. The average Bonchev–Trinajstić information content (AvgIpc) is 2.67. The van der Waals surface area contributed by atoms with Crippen molar-refractivity contribution in [1.29, 1.82) is 0 Å². The van der Waals surface area contributed by atoms with E-state index in [2.05, 4.69) is 36.4 Å². The summed E-state index contributed by atoms with van der Waals surface area (Å²) < 4.78 is 15.9. The Morgan fingerprint density at radius 2 is 0.917 bits per heavy atom. The normalized spacial score (nSPS) is 10.3. The standard InChI is InChI=1S/C21H20O3/c1-22-19-11-8-16(9-12-19)15-4-6-17(7-5-15)18-10-13-20(23-2)21(14-18)24-3/h4-14H,1-3H3. The van der Waals surface area contributed by atoms with E-state index in [1.54, 1.807) is 21.3 Å². The predicted molar refractivity (Wildman–Crippen MR) is 97.0 cm³/mol. The topological polar surface area (TPSA) is 27.7 Å². The van der Waals surface area contributed by atoms with Gasteiger partial charge in [-0.3, -0.25) is 0 Å². The van der Waals surface area contributed by atoms with Gasteiger partial charge in [0.15, 0.2) is 11.5 Å². The van der Waals surface area contributed by atoms with Crippen LogP contribution in [0.3, 0.4) is 0 Å². The van der Waals surface area contributed by atoms with Crippen LogP contribution in [0, 0.1) is 0 Å². The van der Waals surface area contributed by atoms with Crippen LogP contribution in [0.15, 0.2) is 66.7 Å². The van der Waals surface area contributed by atoms with E-state index in [1.807, 2.05) is 30.3 Å². The molecule has 0 aromatic heterocycles. The molecule has 122 valence electrons. The molecule has 3 rings (SSSR count). The number of hydrogen-bond acceptors (Lipinski definition) is 3. The highest BCUT2D eigenvalue weighted by molar-refractivity contribution is 5.72. The van der Waals surface area contributed by atoms with Gasteiger partial charge in [0.2, 0.25) is 0 Å². The molecule has 24 heavy (non-hydrogen) atoms. The molecular formula is C21H20O3. The summed E-state index contributed by atoms with van der Waals surface area (Å²) in [5.41, 5.74) is 4.55. The lowest BCUT2D eigenvalue weighted by atomic mass is 10.00. The SMILES string of the molecule is COc1ccc(-c2ccc(-c3ccc(OC)c(OC)c3)cc2)cc1. The maximum Gasteiger partial charge on any atom is 0.161 e. The lowest BCUT2D eigenvalue weighted by Gasteiger charge is -2.10. The summed E-state index contributed by atoms with van der Waals surface area (Å²) in [5.74, 6) is 2.33. The van der Waals surface area contributed by atoms with Gasteiger partial charge in [-0.05, 0) is 46.5 Å². The van der Waals surface area contributed by atoms with Crippen LogP contribution >= 0.6 is 0 Å². The molecule has 0 saturated carbocycles. The van der Waals surface area contributed by atoms with Crippen molar-refractivity contribution in [2.45, 2.75) is 0 Å². The zero-order valence-electron chi connectivity index (χ0n) is 14.1. The van der Waals surface area contributed by atoms with Crippen molar-refractivity contribution in [2.24, 2.45) is 0 Å². The van der Waals surface area contributed by atoms with Crippen molar-refractivity contribution in [1.82, 2.24) is 0 Å². The molecule has 0 atom stereocenters. The predicted octanol–water partition coefficient (Wildman–Crippen LogP) is 5.05. The van der Waals surface area contributed by atoms with E-state index in [9.17, 15) is 0 Å². The Morgan fingerprint density at radius 3 is 1.42 bits per heavy atom. The molecule has 0 unspecified atom stereocenters. The zero-order valence-corrected chi connectivity index (χ0v) is 14.1. The van der Waals surface area contributed by atoms with Crippen molar-refractivity contribution in [3.8, 4) is 39.5 Å². The van der Waals surface area contributed by atoms with Crippen LogP contribution in [0.1, 0.15) is 0 Å².